The van der Waals surface area contributed by atoms with Gasteiger partial charge in [-0.25, -0.2) is 0 Å². The highest BCUT2D eigenvalue weighted by atomic mass is 19.4. The highest BCUT2D eigenvalue weighted by Crippen LogP contribution is 2.32. The van der Waals surface area contributed by atoms with Crippen LogP contribution in [0.15, 0.2) is 42.5 Å². The molecule has 1 aliphatic rings. The van der Waals surface area contributed by atoms with Crippen molar-refractivity contribution in [3.8, 4) is 23.0 Å². The molecule has 1 aliphatic heterocycles. The van der Waals surface area contributed by atoms with E-state index in [0.29, 0.717) is 24.7 Å². The van der Waals surface area contributed by atoms with Crippen molar-refractivity contribution in [3.05, 3.63) is 48.0 Å². The van der Waals surface area contributed by atoms with Crippen LogP contribution in [0.5, 0.6) is 23.0 Å². The van der Waals surface area contributed by atoms with Crippen LogP contribution in [0.1, 0.15) is 5.56 Å². The number of para-hydroxylation sites is 2. The fraction of sp³-hybridized carbons (Fsp3) is 0.294. The Balaban J connectivity index is 1.66. The molecule has 0 saturated carbocycles. The van der Waals surface area contributed by atoms with Crippen LogP contribution < -0.4 is 18.9 Å². The minimum atomic E-state index is -4.40. The first-order valence-corrected chi connectivity index (χ1v) is 7.31. The molecule has 1 heterocycles. The lowest BCUT2D eigenvalue weighted by molar-refractivity contribution is -0.153. The first-order chi connectivity index (χ1) is 11.5. The molecule has 0 amide bonds. The molecule has 2 aromatic rings. The Morgan fingerprint density at radius 2 is 1.54 bits per heavy atom. The summed E-state index contributed by atoms with van der Waals surface area (Å²) in [7, 11) is 0. The molecule has 0 atom stereocenters. The highest BCUT2D eigenvalue weighted by molar-refractivity contribution is 5.44. The van der Waals surface area contributed by atoms with Gasteiger partial charge in [0.25, 0.3) is 0 Å². The molecule has 0 spiro atoms. The zero-order valence-electron chi connectivity index (χ0n) is 12.6. The van der Waals surface area contributed by atoms with Crippen molar-refractivity contribution >= 4 is 0 Å². The van der Waals surface area contributed by atoms with Crippen LogP contribution in [0.2, 0.25) is 0 Å². The standard InChI is InChI=1S/C17H15F3O4/c18-17(19,20)11-24-14-4-2-1-3-13(14)23-10-12-5-6-15-16(9-12)22-8-7-21-15/h1-6,9H,7-8,10-11H2. The third-order valence-electron chi connectivity index (χ3n) is 3.24. The molecule has 2 aromatic carbocycles. The Hall–Kier alpha value is -2.57. The second-order valence-corrected chi connectivity index (χ2v) is 5.12. The summed E-state index contributed by atoms with van der Waals surface area (Å²) in [5.74, 6) is 1.59. The zero-order chi connectivity index (χ0) is 17.0. The van der Waals surface area contributed by atoms with Crippen LogP contribution in [-0.4, -0.2) is 26.0 Å². The van der Waals surface area contributed by atoms with Gasteiger partial charge in [-0.1, -0.05) is 18.2 Å². The third-order valence-corrected chi connectivity index (χ3v) is 3.24. The molecular formula is C17H15F3O4. The third kappa shape index (κ3) is 4.24. The number of alkyl halides is 3. The van der Waals surface area contributed by atoms with Gasteiger partial charge in [0.1, 0.15) is 19.8 Å². The predicted octanol–water partition coefficient (Wildman–Crippen LogP) is 3.98. The second-order valence-electron chi connectivity index (χ2n) is 5.12. The number of ether oxygens (including phenoxy) is 4. The van der Waals surface area contributed by atoms with Crippen LogP contribution in [-0.2, 0) is 6.61 Å². The quantitative estimate of drug-likeness (QED) is 0.825. The second kappa shape index (κ2) is 6.90. The molecule has 0 aliphatic carbocycles. The van der Waals surface area contributed by atoms with E-state index in [-0.39, 0.29) is 18.1 Å². The van der Waals surface area contributed by atoms with Crippen LogP contribution in [0.4, 0.5) is 13.2 Å². The maximum absolute atomic E-state index is 12.3. The first kappa shape index (κ1) is 16.3. The number of fused-ring (bicyclic) bond motifs is 1. The lowest BCUT2D eigenvalue weighted by Gasteiger charge is -2.19. The molecule has 0 radical (unpaired) electrons. The number of hydrogen-bond acceptors (Lipinski definition) is 4. The number of rotatable bonds is 5. The molecule has 3 rings (SSSR count). The number of hydrogen-bond donors (Lipinski definition) is 0. The van der Waals surface area contributed by atoms with E-state index in [2.05, 4.69) is 0 Å². The first-order valence-electron chi connectivity index (χ1n) is 7.31. The summed E-state index contributed by atoms with van der Waals surface area (Å²) in [5, 5.41) is 0. The molecule has 24 heavy (non-hydrogen) atoms. The molecule has 0 aromatic heterocycles. The molecule has 4 nitrogen and oxygen atoms in total. The summed E-state index contributed by atoms with van der Waals surface area (Å²) >= 11 is 0. The van der Waals surface area contributed by atoms with E-state index in [0.717, 1.165) is 5.56 Å². The molecule has 0 saturated heterocycles. The normalized spacial score (nSPS) is 13.5. The van der Waals surface area contributed by atoms with Crippen LogP contribution in [0.25, 0.3) is 0 Å². The van der Waals surface area contributed by atoms with Gasteiger partial charge in [0.2, 0.25) is 0 Å². The molecule has 0 unspecified atom stereocenters. The van der Waals surface area contributed by atoms with E-state index >= 15 is 0 Å². The van der Waals surface area contributed by atoms with Crippen LogP contribution in [0.3, 0.4) is 0 Å². The SMILES string of the molecule is FC(F)(F)COc1ccccc1OCc1ccc2c(c1)OCCO2. The topological polar surface area (TPSA) is 36.9 Å². The fourth-order valence-corrected chi connectivity index (χ4v) is 2.19. The summed E-state index contributed by atoms with van der Waals surface area (Å²) in [6, 6.07) is 11.6. The summed E-state index contributed by atoms with van der Waals surface area (Å²) in [4.78, 5) is 0. The van der Waals surface area contributed by atoms with Crippen molar-refractivity contribution in [1.29, 1.82) is 0 Å². The summed E-state index contributed by atoms with van der Waals surface area (Å²) in [6.07, 6.45) is -4.40. The average molecular weight is 340 g/mol. The smallest absolute Gasteiger partial charge is 0.422 e. The maximum atomic E-state index is 12.3. The number of benzene rings is 2. The van der Waals surface area contributed by atoms with Crippen LogP contribution >= 0.6 is 0 Å². The van der Waals surface area contributed by atoms with E-state index in [1.807, 2.05) is 6.07 Å². The Kier molecular flexibility index (Phi) is 4.69. The monoisotopic (exact) mass is 340 g/mol. The highest BCUT2D eigenvalue weighted by Gasteiger charge is 2.29. The van der Waals surface area contributed by atoms with Gasteiger partial charge in [0.05, 0.1) is 0 Å². The average Bonchev–Trinajstić information content (AvgIpc) is 2.58. The van der Waals surface area contributed by atoms with E-state index in [4.69, 9.17) is 18.9 Å². The van der Waals surface area contributed by atoms with E-state index in [1.165, 1.54) is 6.07 Å². The molecule has 7 heteroatoms. The molecule has 0 N–H and O–H groups in total. The van der Waals surface area contributed by atoms with Gasteiger partial charge in [-0.2, -0.15) is 13.2 Å². The van der Waals surface area contributed by atoms with Crippen LogP contribution in [0, 0.1) is 0 Å². The molecule has 0 bridgehead atoms. The van der Waals surface area contributed by atoms with Gasteiger partial charge in [0, 0.05) is 0 Å². The van der Waals surface area contributed by atoms with Crippen molar-refractivity contribution in [1.82, 2.24) is 0 Å². The van der Waals surface area contributed by atoms with E-state index in [1.54, 1.807) is 30.3 Å². The lowest BCUT2D eigenvalue weighted by Crippen LogP contribution is -2.19. The Labute approximate surface area is 136 Å². The largest absolute Gasteiger partial charge is 0.486 e. The van der Waals surface area contributed by atoms with Gasteiger partial charge in [-0.15, -0.1) is 0 Å². The van der Waals surface area contributed by atoms with E-state index in [9.17, 15) is 13.2 Å². The van der Waals surface area contributed by atoms with Gasteiger partial charge < -0.3 is 18.9 Å². The molecular weight excluding hydrogens is 325 g/mol. The Morgan fingerprint density at radius 3 is 2.25 bits per heavy atom. The van der Waals surface area contributed by atoms with Crippen molar-refractivity contribution in [3.63, 3.8) is 0 Å². The van der Waals surface area contributed by atoms with Gasteiger partial charge in [-0.05, 0) is 29.8 Å². The minimum Gasteiger partial charge on any atom is -0.486 e. The fourth-order valence-electron chi connectivity index (χ4n) is 2.19. The number of halogens is 3. The minimum absolute atomic E-state index is 0.0485. The lowest BCUT2D eigenvalue weighted by atomic mass is 10.2. The summed E-state index contributed by atoms with van der Waals surface area (Å²) in [6.45, 7) is -0.210. The Bertz CT molecular complexity index is 700. The van der Waals surface area contributed by atoms with Crippen molar-refractivity contribution in [2.75, 3.05) is 19.8 Å². The molecule has 128 valence electrons. The van der Waals surface area contributed by atoms with Gasteiger partial charge >= 0.3 is 6.18 Å². The Morgan fingerprint density at radius 1 is 0.875 bits per heavy atom. The zero-order valence-corrected chi connectivity index (χ0v) is 12.6. The van der Waals surface area contributed by atoms with Gasteiger partial charge in [0.15, 0.2) is 29.6 Å². The summed E-state index contributed by atoms with van der Waals surface area (Å²) in [5.41, 5.74) is 0.810. The van der Waals surface area contributed by atoms with Crippen molar-refractivity contribution in [2.24, 2.45) is 0 Å². The molecule has 0 fully saturated rings. The summed E-state index contributed by atoms with van der Waals surface area (Å²) < 4.78 is 58.2. The van der Waals surface area contributed by atoms with Gasteiger partial charge in [-0.3, -0.25) is 0 Å². The van der Waals surface area contributed by atoms with Crippen molar-refractivity contribution in [2.45, 2.75) is 12.8 Å². The maximum Gasteiger partial charge on any atom is 0.422 e. The van der Waals surface area contributed by atoms with E-state index < -0.39 is 12.8 Å². The van der Waals surface area contributed by atoms with Crippen molar-refractivity contribution < 1.29 is 32.1 Å². The predicted molar refractivity (Wildman–Crippen MR) is 79.8 cm³/mol.